The van der Waals surface area contributed by atoms with Gasteiger partial charge in [0.25, 0.3) is 11.6 Å². The normalized spacial score (nSPS) is 17.3. The van der Waals surface area contributed by atoms with Crippen LogP contribution in [0.15, 0.2) is 59.6 Å². The minimum absolute atomic E-state index is 0.0475. The average Bonchev–Trinajstić information content (AvgIpc) is 2.87. The first-order valence-electron chi connectivity index (χ1n) is 7.04. The SMILES string of the molecule is O=C1NC(=O)N(c2ccccc2)C1C=Nc1ccc([N+](=O)[O-])cc1. The molecule has 8 nitrogen and oxygen atoms in total. The molecule has 24 heavy (non-hydrogen) atoms. The quantitative estimate of drug-likeness (QED) is 0.403. The van der Waals surface area contributed by atoms with Gasteiger partial charge in [0.15, 0.2) is 6.04 Å². The van der Waals surface area contributed by atoms with Crippen LogP contribution >= 0.6 is 0 Å². The number of urea groups is 1. The summed E-state index contributed by atoms with van der Waals surface area (Å²) in [6.07, 6.45) is 1.34. The van der Waals surface area contributed by atoms with Crippen LogP contribution in [0.1, 0.15) is 0 Å². The average molecular weight is 324 g/mol. The molecule has 2 aromatic rings. The van der Waals surface area contributed by atoms with Gasteiger partial charge in [-0.2, -0.15) is 0 Å². The molecule has 0 aromatic heterocycles. The van der Waals surface area contributed by atoms with E-state index >= 15 is 0 Å². The van der Waals surface area contributed by atoms with E-state index in [4.69, 9.17) is 0 Å². The number of hydrogen-bond acceptors (Lipinski definition) is 5. The van der Waals surface area contributed by atoms with Gasteiger partial charge in [-0.1, -0.05) is 18.2 Å². The Bertz CT molecular complexity index is 818. The second-order valence-electron chi connectivity index (χ2n) is 5.00. The summed E-state index contributed by atoms with van der Waals surface area (Å²) in [6, 6.07) is 12.9. The summed E-state index contributed by atoms with van der Waals surface area (Å²) in [5.41, 5.74) is 0.968. The lowest BCUT2D eigenvalue weighted by Crippen LogP contribution is -2.36. The van der Waals surface area contributed by atoms with Gasteiger partial charge < -0.3 is 0 Å². The molecular formula is C16H12N4O4. The van der Waals surface area contributed by atoms with Crippen LogP contribution in [0.25, 0.3) is 0 Å². The van der Waals surface area contributed by atoms with E-state index in [0.29, 0.717) is 11.4 Å². The van der Waals surface area contributed by atoms with E-state index in [2.05, 4.69) is 10.3 Å². The van der Waals surface area contributed by atoms with Crippen molar-refractivity contribution in [2.45, 2.75) is 6.04 Å². The Morgan fingerprint density at radius 3 is 2.38 bits per heavy atom. The molecule has 0 saturated carbocycles. The molecule has 1 N–H and O–H groups in total. The third-order valence-corrected chi connectivity index (χ3v) is 3.46. The van der Waals surface area contributed by atoms with Crippen LogP contribution in [-0.4, -0.2) is 29.1 Å². The number of non-ortho nitro benzene ring substituents is 1. The zero-order chi connectivity index (χ0) is 17.1. The van der Waals surface area contributed by atoms with Crippen LogP contribution in [0.5, 0.6) is 0 Å². The largest absolute Gasteiger partial charge is 0.329 e. The van der Waals surface area contributed by atoms with Gasteiger partial charge >= 0.3 is 6.03 Å². The molecule has 0 aliphatic carbocycles. The van der Waals surface area contributed by atoms with Crippen molar-refractivity contribution >= 4 is 35.2 Å². The first-order chi connectivity index (χ1) is 11.6. The summed E-state index contributed by atoms with van der Waals surface area (Å²) in [5, 5.41) is 12.9. The summed E-state index contributed by atoms with van der Waals surface area (Å²) >= 11 is 0. The number of carbonyl (C=O) groups is 2. The predicted octanol–water partition coefficient (Wildman–Crippen LogP) is 2.42. The zero-order valence-electron chi connectivity index (χ0n) is 12.3. The minimum Gasteiger partial charge on any atom is -0.277 e. The Hall–Kier alpha value is -3.55. The molecule has 1 aliphatic rings. The van der Waals surface area contributed by atoms with Gasteiger partial charge in [0.05, 0.1) is 10.6 Å². The molecule has 3 rings (SSSR count). The lowest BCUT2D eigenvalue weighted by atomic mass is 10.2. The minimum atomic E-state index is -0.880. The van der Waals surface area contributed by atoms with Crippen LogP contribution < -0.4 is 10.2 Å². The van der Waals surface area contributed by atoms with E-state index in [1.54, 1.807) is 30.3 Å². The van der Waals surface area contributed by atoms with Crippen LogP contribution in [0, 0.1) is 10.1 Å². The van der Waals surface area contributed by atoms with Gasteiger partial charge in [0.2, 0.25) is 0 Å². The lowest BCUT2D eigenvalue weighted by Gasteiger charge is -2.18. The lowest BCUT2D eigenvalue weighted by molar-refractivity contribution is -0.384. The summed E-state index contributed by atoms with van der Waals surface area (Å²) in [5.74, 6) is -0.477. The number of imide groups is 1. The number of nitro groups is 1. The number of benzene rings is 2. The highest BCUT2D eigenvalue weighted by Crippen LogP contribution is 2.21. The zero-order valence-corrected chi connectivity index (χ0v) is 12.3. The highest BCUT2D eigenvalue weighted by Gasteiger charge is 2.38. The fraction of sp³-hybridized carbons (Fsp3) is 0.0625. The van der Waals surface area contributed by atoms with Gasteiger partial charge in [-0.15, -0.1) is 0 Å². The molecule has 0 bridgehead atoms. The van der Waals surface area contributed by atoms with Crippen LogP contribution in [-0.2, 0) is 4.79 Å². The Balaban J connectivity index is 1.85. The van der Waals surface area contributed by atoms with Crippen molar-refractivity contribution in [1.82, 2.24) is 5.32 Å². The fourth-order valence-electron chi connectivity index (χ4n) is 2.30. The maximum Gasteiger partial charge on any atom is 0.329 e. The predicted molar refractivity (Wildman–Crippen MR) is 87.5 cm³/mol. The molecule has 0 radical (unpaired) electrons. The molecule has 0 spiro atoms. The van der Waals surface area contributed by atoms with Crippen molar-refractivity contribution in [3.05, 3.63) is 64.7 Å². The highest BCUT2D eigenvalue weighted by molar-refractivity contribution is 6.21. The van der Waals surface area contributed by atoms with Gasteiger partial charge in [0, 0.05) is 24.0 Å². The number of hydrogen-bond donors (Lipinski definition) is 1. The van der Waals surface area contributed by atoms with Crippen molar-refractivity contribution in [3.8, 4) is 0 Å². The molecule has 1 atom stereocenters. The third kappa shape index (κ3) is 2.98. The highest BCUT2D eigenvalue weighted by atomic mass is 16.6. The third-order valence-electron chi connectivity index (χ3n) is 3.46. The Morgan fingerprint density at radius 1 is 1.08 bits per heavy atom. The Morgan fingerprint density at radius 2 is 1.75 bits per heavy atom. The number of nitro benzene ring substituents is 1. The molecule has 1 fully saturated rings. The van der Waals surface area contributed by atoms with Crippen molar-refractivity contribution in [1.29, 1.82) is 0 Å². The van der Waals surface area contributed by atoms with E-state index in [1.165, 1.54) is 35.4 Å². The molecule has 3 amide bonds. The number of rotatable bonds is 4. The van der Waals surface area contributed by atoms with Crippen molar-refractivity contribution in [2.75, 3.05) is 4.90 Å². The Kier molecular flexibility index (Phi) is 4.02. The topological polar surface area (TPSA) is 105 Å². The molecule has 1 heterocycles. The van der Waals surface area contributed by atoms with E-state index < -0.39 is 22.9 Å². The maximum atomic E-state index is 12.0. The van der Waals surface area contributed by atoms with Crippen molar-refractivity contribution in [2.24, 2.45) is 4.99 Å². The monoisotopic (exact) mass is 324 g/mol. The Labute approximate surface area is 136 Å². The number of nitrogens with zero attached hydrogens (tertiary/aromatic N) is 3. The summed E-state index contributed by atoms with van der Waals surface area (Å²) in [6.45, 7) is 0. The number of aliphatic imine (C=N–C) groups is 1. The van der Waals surface area contributed by atoms with E-state index in [0.717, 1.165) is 0 Å². The number of anilines is 1. The van der Waals surface area contributed by atoms with E-state index in [1.807, 2.05) is 0 Å². The molecule has 2 aromatic carbocycles. The smallest absolute Gasteiger partial charge is 0.277 e. The van der Waals surface area contributed by atoms with E-state index in [-0.39, 0.29) is 5.69 Å². The molecule has 1 aliphatic heterocycles. The first kappa shape index (κ1) is 15.3. The van der Waals surface area contributed by atoms with E-state index in [9.17, 15) is 19.7 Å². The summed E-state index contributed by atoms with van der Waals surface area (Å²) in [4.78, 5) is 39.5. The summed E-state index contributed by atoms with van der Waals surface area (Å²) < 4.78 is 0. The van der Waals surface area contributed by atoms with Gasteiger partial charge in [-0.25, -0.2) is 4.79 Å². The molecule has 120 valence electrons. The van der Waals surface area contributed by atoms with Crippen LogP contribution in [0.3, 0.4) is 0 Å². The van der Waals surface area contributed by atoms with Crippen LogP contribution in [0.4, 0.5) is 21.9 Å². The molecule has 1 unspecified atom stereocenters. The van der Waals surface area contributed by atoms with Gasteiger partial charge in [-0.3, -0.25) is 30.1 Å². The van der Waals surface area contributed by atoms with Gasteiger partial charge in [0.1, 0.15) is 0 Å². The van der Waals surface area contributed by atoms with Crippen molar-refractivity contribution < 1.29 is 14.5 Å². The second kappa shape index (κ2) is 6.29. The fourth-order valence-corrected chi connectivity index (χ4v) is 2.30. The second-order valence-corrected chi connectivity index (χ2v) is 5.00. The van der Waals surface area contributed by atoms with Crippen molar-refractivity contribution in [3.63, 3.8) is 0 Å². The summed E-state index contributed by atoms with van der Waals surface area (Å²) in [7, 11) is 0. The number of amides is 3. The molecular weight excluding hydrogens is 312 g/mol. The number of carbonyl (C=O) groups excluding carboxylic acids is 2. The molecule has 8 heteroatoms. The number of nitrogens with one attached hydrogen (secondary N) is 1. The maximum absolute atomic E-state index is 12.0. The van der Waals surface area contributed by atoms with Crippen LogP contribution in [0.2, 0.25) is 0 Å². The number of para-hydroxylation sites is 1. The first-order valence-corrected chi connectivity index (χ1v) is 7.04. The van der Waals surface area contributed by atoms with Gasteiger partial charge in [-0.05, 0) is 24.3 Å². The standard InChI is InChI=1S/C16H12N4O4/c21-15-14(10-17-11-6-8-13(9-7-11)20(23)24)19(16(22)18-15)12-4-2-1-3-5-12/h1-10,14H,(H,18,21,22). The molecule has 1 saturated heterocycles.